The van der Waals surface area contributed by atoms with Crippen molar-refractivity contribution < 1.29 is 9.90 Å². The third-order valence-electron chi connectivity index (χ3n) is 8.67. The molecule has 2 saturated heterocycles. The molecule has 2 aliphatic rings. The largest absolute Gasteiger partial charge is 0.388 e. The smallest absolute Gasteiger partial charge is 0.277 e. The summed E-state index contributed by atoms with van der Waals surface area (Å²) in [5, 5.41) is 11.4. The van der Waals surface area contributed by atoms with Gasteiger partial charge in [0.2, 0.25) is 11.5 Å². The lowest BCUT2D eigenvalue weighted by atomic mass is 9.79. The molecular weight excluding hydrogens is 518 g/mol. The molecule has 2 aliphatic heterocycles. The molecule has 1 amide bonds. The maximum Gasteiger partial charge on any atom is 0.277 e. The molecular formula is C32H35N5O4. The Morgan fingerprint density at radius 3 is 2.39 bits per heavy atom. The first kappa shape index (κ1) is 27.1. The Kier molecular flexibility index (Phi) is 7.55. The number of pyridine rings is 1. The highest BCUT2D eigenvalue weighted by molar-refractivity contribution is 5.80. The molecule has 4 heterocycles. The van der Waals surface area contributed by atoms with Crippen molar-refractivity contribution in [2.24, 2.45) is 5.92 Å². The van der Waals surface area contributed by atoms with Crippen molar-refractivity contribution in [2.45, 2.75) is 43.9 Å². The fourth-order valence-corrected chi connectivity index (χ4v) is 6.37. The van der Waals surface area contributed by atoms with Crippen molar-refractivity contribution in [3.63, 3.8) is 0 Å². The van der Waals surface area contributed by atoms with Gasteiger partial charge in [0.05, 0.1) is 24.0 Å². The van der Waals surface area contributed by atoms with Crippen LogP contribution in [0, 0.1) is 5.92 Å². The third-order valence-corrected chi connectivity index (χ3v) is 8.67. The van der Waals surface area contributed by atoms with E-state index >= 15 is 0 Å². The fourth-order valence-electron chi connectivity index (χ4n) is 6.37. The summed E-state index contributed by atoms with van der Waals surface area (Å²) >= 11 is 0. The number of carbonyl (C=O) groups excluding carboxylic acids is 1. The summed E-state index contributed by atoms with van der Waals surface area (Å²) in [6.07, 6.45) is 2.91. The Bertz CT molecular complexity index is 1630. The van der Waals surface area contributed by atoms with Gasteiger partial charge in [-0.25, -0.2) is 4.98 Å². The predicted octanol–water partition coefficient (Wildman–Crippen LogP) is 2.74. The zero-order valence-electron chi connectivity index (χ0n) is 23.0. The van der Waals surface area contributed by atoms with Crippen LogP contribution in [0.3, 0.4) is 0 Å². The molecule has 0 radical (unpaired) electrons. The number of aliphatic hydroxyl groups is 1. The van der Waals surface area contributed by atoms with Gasteiger partial charge in [-0.3, -0.25) is 23.9 Å². The zero-order chi connectivity index (χ0) is 28.4. The summed E-state index contributed by atoms with van der Waals surface area (Å²) in [6, 6.07) is 23.6. The van der Waals surface area contributed by atoms with Gasteiger partial charge in [-0.05, 0) is 43.0 Å². The normalized spacial score (nSPS) is 21.1. The van der Waals surface area contributed by atoms with Gasteiger partial charge < -0.3 is 15.0 Å². The lowest BCUT2D eigenvalue weighted by Gasteiger charge is -2.43. The predicted molar refractivity (Wildman–Crippen MR) is 156 cm³/mol. The highest BCUT2D eigenvalue weighted by atomic mass is 16.3. The molecule has 0 unspecified atom stereocenters. The number of H-pyrrole nitrogens is 1. The molecule has 0 spiro atoms. The van der Waals surface area contributed by atoms with Crippen molar-refractivity contribution in [3.05, 3.63) is 111 Å². The van der Waals surface area contributed by atoms with Gasteiger partial charge in [-0.1, -0.05) is 60.7 Å². The van der Waals surface area contributed by atoms with Gasteiger partial charge >= 0.3 is 0 Å². The molecule has 0 saturated carbocycles. The Morgan fingerprint density at radius 2 is 1.66 bits per heavy atom. The second-order valence-electron chi connectivity index (χ2n) is 11.4. The number of likely N-dealkylation sites (tertiary alicyclic amines) is 2. The molecule has 9 heteroatoms. The van der Waals surface area contributed by atoms with E-state index in [9.17, 15) is 19.5 Å². The van der Waals surface area contributed by atoms with Gasteiger partial charge in [0.15, 0.2) is 0 Å². The maximum atomic E-state index is 13.9. The van der Waals surface area contributed by atoms with Crippen LogP contribution in [-0.2, 0) is 17.9 Å². The first-order valence-electron chi connectivity index (χ1n) is 14.3. The number of nitrogens with zero attached hydrogens (tertiary/aromatic N) is 4. The Balaban J connectivity index is 1.14. The van der Waals surface area contributed by atoms with Crippen LogP contribution < -0.4 is 11.1 Å². The van der Waals surface area contributed by atoms with E-state index in [0.29, 0.717) is 31.4 Å². The van der Waals surface area contributed by atoms with E-state index in [1.54, 1.807) is 0 Å². The monoisotopic (exact) mass is 553 g/mol. The van der Waals surface area contributed by atoms with E-state index in [2.05, 4.69) is 51.3 Å². The highest BCUT2D eigenvalue weighted by Gasteiger charge is 2.40. The van der Waals surface area contributed by atoms with E-state index in [1.807, 2.05) is 29.2 Å². The molecule has 212 valence electrons. The summed E-state index contributed by atoms with van der Waals surface area (Å²) in [6.45, 7) is 3.43. The number of hydrogen-bond donors (Lipinski definition) is 2. The van der Waals surface area contributed by atoms with Gasteiger partial charge in [0.1, 0.15) is 5.52 Å². The van der Waals surface area contributed by atoms with Crippen LogP contribution in [0.4, 0.5) is 0 Å². The van der Waals surface area contributed by atoms with E-state index in [-0.39, 0.29) is 35.4 Å². The molecule has 4 aromatic rings. The van der Waals surface area contributed by atoms with Crippen molar-refractivity contribution in [3.8, 4) is 0 Å². The molecule has 2 fully saturated rings. The number of fused-ring (bicyclic) bond motifs is 1. The van der Waals surface area contributed by atoms with E-state index in [1.165, 1.54) is 34.2 Å². The van der Waals surface area contributed by atoms with Crippen LogP contribution in [0.2, 0.25) is 0 Å². The lowest BCUT2D eigenvalue weighted by Crippen LogP contribution is -2.53. The van der Waals surface area contributed by atoms with Crippen molar-refractivity contribution in [2.75, 3.05) is 26.2 Å². The second kappa shape index (κ2) is 11.4. The zero-order valence-corrected chi connectivity index (χ0v) is 23.0. The first-order chi connectivity index (χ1) is 19.9. The fraction of sp³-hybridized carbons (Fsp3) is 0.375. The molecule has 9 nitrogen and oxygen atoms in total. The topological polar surface area (TPSA) is 112 Å². The summed E-state index contributed by atoms with van der Waals surface area (Å²) in [5.41, 5.74) is 1.06. The van der Waals surface area contributed by atoms with Crippen LogP contribution in [-0.4, -0.2) is 67.1 Å². The van der Waals surface area contributed by atoms with E-state index in [0.717, 1.165) is 26.1 Å². The number of benzene rings is 2. The quantitative estimate of drug-likeness (QED) is 0.380. The van der Waals surface area contributed by atoms with Gasteiger partial charge in [-0.2, -0.15) is 0 Å². The minimum atomic E-state index is -1.15. The average Bonchev–Trinajstić information content (AvgIpc) is 3.00. The van der Waals surface area contributed by atoms with E-state index < -0.39 is 11.2 Å². The van der Waals surface area contributed by atoms with Crippen molar-refractivity contribution in [1.29, 1.82) is 0 Å². The summed E-state index contributed by atoms with van der Waals surface area (Å²) in [5.74, 6) is 0.105. The first-order valence-corrected chi connectivity index (χ1v) is 14.3. The Morgan fingerprint density at radius 1 is 0.951 bits per heavy atom. The highest BCUT2D eigenvalue weighted by Crippen LogP contribution is 2.36. The van der Waals surface area contributed by atoms with Crippen LogP contribution in [0.15, 0.2) is 88.7 Å². The van der Waals surface area contributed by atoms with Crippen molar-refractivity contribution in [1.82, 2.24) is 24.3 Å². The van der Waals surface area contributed by atoms with Crippen LogP contribution >= 0.6 is 0 Å². The number of nitrogens with one attached hydrogen (secondary N) is 1. The number of amides is 1. The van der Waals surface area contributed by atoms with E-state index in [4.69, 9.17) is 0 Å². The average molecular weight is 554 g/mol. The van der Waals surface area contributed by atoms with Crippen LogP contribution in [0.25, 0.3) is 11.0 Å². The number of aromatic amines is 1. The number of aromatic nitrogens is 3. The molecule has 2 N–H and O–H groups in total. The summed E-state index contributed by atoms with van der Waals surface area (Å²) in [4.78, 5) is 49.8. The Hall–Kier alpha value is -4.08. The number of rotatable bonds is 6. The SMILES string of the molecule is O=C([C@@H]1CCN(Cc2ccccc2)C[C@H]1c1ccccc1)N1CCC(O)(Cn2cnc3ccc(=O)[nH]c3c2=O)CC1. The van der Waals surface area contributed by atoms with Crippen LogP contribution in [0.5, 0.6) is 0 Å². The molecule has 6 rings (SSSR count). The van der Waals surface area contributed by atoms with Gasteiger partial charge in [0, 0.05) is 44.1 Å². The minimum Gasteiger partial charge on any atom is -0.388 e. The third kappa shape index (κ3) is 5.87. The maximum absolute atomic E-state index is 13.9. The lowest BCUT2D eigenvalue weighted by molar-refractivity contribution is -0.142. The summed E-state index contributed by atoms with van der Waals surface area (Å²) in [7, 11) is 0. The molecule has 0 bridgehead atoms. The molecule has 41 heavy (non-hydrogen) atoms. The molecule has 2 aromatic carbocycles. The number of hydrogen-bond acceptors (Lipinski definition) is 6. The summed E-state index contributed by atoms with van der Waals surface area (Å²) < 4.78 is 1.35. The van der Waals surface area contributed by atoms with Gasteiger partial charge in [-0.15, -0.1) is 0 Å². The van der Waals surface area contributed by atoms with Crippen LogP contribution in [0.1, 0.15) is 36.3 Å². The van der Waals surface area contributed by atoms with Crippen molar-refractivity contribution >= 4 is 16.9 Å². The second-order valence-corrected chi connectivity index (χ2v) is 11.4. The standard InChI is InChI=1S/C32H35N5O4/c38-28-12-11-27-29(34-28)31(40)37(22-33-27)21-32(41)14-17-36(18-15-32)30(39)25-13-16-35(19-23-7-3-1-4-8-23)20-26(25)24-9-5-2-6-10-24/h1-12,22,25-26,41H,13-21H2,(H,34,38)/t25-,26+/m1/s1. The minimum absolute atomic E-state index is 0.0538. The Labute approximate surface area is 238 Å². The van der Waals surface area contributed by atoms with Gasteiger partial charge in [0.25, 0.3) is 5.56 Å². The number of carbonyl (C=O) groups is 1. The molecule has 0 aliphatic carbocycles. The molecule has 2 atom stereocenters. The molecule has 2 aromatic heterocycles. The number of piperidine rings is 2.